The molecule has 0 saturated carbocycles. The fourth-order valence-electron chi connectivity index (χ4n) is 1.01. The highest BCUT2D eigenvalue weighted by atomic mass is 79.9. The molecule has 1 rings (SSSR count). The van der Waals surface area contributed by atoms with E-state index < -0.39 is 6.36 Å². The zero-order valence-electron chi connectivity index (χ0n) is 7.89. The molecule has 1 aromatic rings. The first-order valence-corrected chi connectivity index (χ1v) is 5.53. The third-order valence-corrected chi connectivity index (χ3v) is 2.46. The van der Waals surface area contributed by atoms with Crippen molar-refractivity contribution in [2.75, 3.05) is 5.88 Å². The molecule has 0 radical (unpaired) electrons. The Labute approximate surface area is 104 Å². The molecule has 0 aliphatic rings. The van der Waals surface area contributed by atoms with Crippen molar-refractivity contribution in [3.63, 3.8) is 0 Å². The monoisotopic (exact) mass is 314 g/mol. The van der Waals surface area contributed by atoms with Crippen molar-refractivity contribution in [1.29, 1.82) is 0 Å². The molecule has 1 aromatic carbocycles. The standard InChI is InChI=1S/C10H7BrClF3O/c11-9-6-8(16-10(13,14)15)4-3-7(9)2-1-5-12/h1-4,6H,5H2. The average molecular weight is 316 g/mol. The van der Waals surface area contributed by atoms with Crippen LogP contribution in [0.2, 0.25) is 0 Å². The number of alkyl halides is 4. The minimum absolute atomic E-state index is 0.262. The molecule has 1 nitrogen and oxygen atoms in total. The summed E-state index contributed by atoms with van der Waals surface area (Å²) in [5.74, 6) is 0.0789. The van der Waals surface area contributed by atoms with E-state index in [0.29, 0.717) is 10.4 Å². The second kappa shape index (κ2) is 5.59. The molecule has 0 bridgehead atoms. The van der Waals surface area contributed by atoms with Crippen molar-refractivity contribution in [3.05, 3.63) is 34.3 Å². The summed E-state index contributed by atoms with van der Waals surface area (Å²) in [7, 11) is 0. The highest BCUT2D eigenvalue weighted by Crippen LogP contribution is 2.28. The van der Waals surface area contributed by atoms with Gasteiger partial charge in [-0.2, -0.15) is 0 Å². The van der Waals surface area contributed by atoms with Crippen LogP contribution < -0.4 is 4.74 Å². The number of benzene rings is 1. The first-order chi connectivity index (χ1) is 7.42. The van der Waals surface area contributed by atoms with E-state index in [0.717, 1.165) is 5.56 Å². The van der Waals surface area contributed by atoms with Gasteiger partial charge in [0.25, 0.3) is 0 Å². The predicted octanol–water partition coefficient (Wildman–Crippen LogP) is 4.60. The Morgan fingerprint density at radius 1 is 1.38 bits per heavy atom. The summed E-state index contributed by atoms with van der Waals surface area (Å²) in [6, 6.07) is 4.00. The molecular formula is C10H7BrClF3O. The summed E-state index contributed by atoms with van der Waals surface area (Å²) in [6.45, 7) is 0. The van der Waals surface area contributed by atoms with Gasteiger partial charge in [0.15, 0.2) is 0 Å². The fraction of sp³-hybridized carbons (Fsp3) is 0.200. The van der Waals surface area contributed by atoms with Crippen LogP contribution in [0, 0.1) is 0 Å². The smallest absolute Gasteiger partial charge is 0.406 e. The SMILES string of the molecule is FC(F)(F)Oc1ccc(C=CCCl)c(Br)c1. The van der Waals surface area contributed by atoms with E-state index in [-0.39, 0.29) is 5.75 Å². The largest absolute Gasteiger partial charge is 0.573 e. The Morgan fingerprint density at radius 2 is 2.06 bits per heavy atom. The summed E-state index contributed by atoms with van der Waals surface area (Å²) in [6.07, 6.45) is -1.28. The van der Waals surface area contributed by atoms with Gasteiger partial charge in [0, 0.05) is 10.4 Å². The zero-order chi connectivity index (χ0) is 12.2. The van der Waals surface area contributed by atoms with Crippen molar-refractivity contribution in [1.82, 2.24) is 0 Å². The molecular weight excluding hydrogens is 308 g/mol. The van der Waals surface area contributed by atoms with Crippen LogP contribution in [0.4, 0.5) is 13.2 Å². The lowest BCUT2D eigenvalue weighted by Gasteiger charge is -2.09. The molecule has 6 heteroatoms. The van der Waals surface area contributed by atoms with Crippen LogP contribution in [0.5, 0.6) is 5.75 Å². The quantitative estimate of drug-likeness (QED) is 0.741. The Morgan fingerprint density at radius 3 is 2.56 bits per heavy atom. The van der Waals surface area contributed by atoms with Crippen LogP contribution in [-0.4, -0.2) is 12.2 Å². The number of ether oxygens (including phenoxy) is 1. The van der Waals surface area contributed by atoms with Crippen LogP contribution in [0.25, 0.3) is 6.08 Å². The number of allylic oxidation sites excluding steroid dienone is 1. The molecule has 16 heavy (non-hydrogen) atoms. The van der Waals surface area contributed by atoms with Gasteiger partial charge >= 0.3 is 6.36 Å². The molecule has 88 valence electrons. The summed E-state index contributed by atoms with van der Waals surface area (Å²) < 4.78 is 40.0. The van der Waals surface area contributed by atoms with Crippen molar-refractivity contribution in [2.45, 2.75) is 6.36 Å². The molecule has 0 heterocycles. The minimum Gasteiger partial charge on any atom is -0.406 e. The topological polar surface area (TPSA) is 9.23 Å². The van der Waals surface area contributed by atoms with Gasteiger partial charge in [0.1, 0.15) is 5.75 Å². The van der Waals surface area contributed by atoms with Crippen LogP contribution in [0.1, 0.15) is 5.56 Å². The zero-order valence-corrected chi connectivity index (χ0v) is 10.2. The van der Waals surface area contributed by atoms with Crippen molar-refractivity contribution in [2.24, 2.45) is 0 Å². The average Bonchev–Trinajstić information content (AvgIpc) is 2.14. The molecule has 0 aliphatic heterocycles. The van der Waals surface area contributed by atoms with Gasteiger partial charge in [0.2, 0.25) is 0 Å². The van der Waals surface area contributed by atoms with E-state index in [1.807, 2.05) is 0 Å². The van der Waals surface area contributed by atoms with Gasteiger partial charge in [-0.15, -0.1) is 24.8 Å². The lowest BCUT2D eigenvalue weighted by atomic mass is 10.2. The summed E-state index contributed by atoms with van der Waals surface area (Å²) >= 11 is 8.59. The summed E-state index contributed by atoms with van der Waals surface area (Å²) in [5.41, 5.74) is 0.732. The number of hydrogen-bond donors (Lipinski definition) is 0. The normalized spacial score (nSPS) is 12.1. The second-order valence-corrected chi connectivity index (χ2v) is 3.95. The van der Waals surface area contributed by atoms with Crippen LogP contribution in [0.15, 0.2) is 28.7 Å². The number of rotatable bonds is 3. The predicted molar refractivity (Wildman–Crippen MR) is 60.6 cm³/mol. The van der Waals surface area contributed by atoms with E-state index in [9.17, 15) is 13.2 Å². The molecule has 0 amide bonds. The van der Waals surface area contributed by atoms with E-state index in [4.69, 9.17) is 11.6 Å². The van der Waals surface area contributed by atoms with Gasteiger partial charge in [-0.3, -0.25) is 0 Å². The van der Waals surface area contributed by atoms with Gasteiger partial charge in [-0.05, 0) is 17.7 Å². The van der Waals surface area contributed by atoms with Crippen LogP contribution in [-0.2, 0) is 0 Å². The van der Waals surface area contributed by atoms with Gasteiger partial charge < -0.3 is 4.74 Å². The third-order valence-electron chi connectivity index (χ3n) is 1.59. The first-order valence-electron chi connectivity index (χ1n) is 4.20. The Hall–Kier alpha value is -0.680. The maximum absolute atomic E-state index is 11.9. The van der Waals surface area contributed by atoms with Crippen molar-refractivity contribution < 1.29 is 17.9 Å². The lowest BCUT2D eigenvalue weighted by Crippen LogP contribution is -2.17. The van der Waals surface area contributed by atoms with Crippen LogP contribution >= 0.6 is 27.5 Å². The minimum atomic E-state index is -4.67. The Balaban J connectivity index is 2.87. The maximum atomic E-state index is 11.9. The molecule has 0 unspecified atom stereocenters. The Kier molecular flexibility index (Phi) is 4.68. The fourth-order valence-corrected chi connectivity index (χ4v) is 1.59. The van der Waals surface area contributed by atoms with Gasteiger partial charge in [-0.25, -0.2) is 0 Å². The highest BCUT2D eigenvalue weighted by Gasteiger charge is 2.31. The van der Waals surface area contributed by atoms with E-state index in [1.54, 1.807) is 12.2 Å². The number of hydrogen-bond acceptors (Lipinski definition) is 1. The van der Waals surface area contributed by atoms with Crippen molar-refractivity contribution >= 4 is 33.6 Å². The molecule has 0 aliphatic carbocycles. The summed E-state index contributed by atoms with van der Waals surface area (Å²) in [5, 5.41) is 0. The molecule has 0 N–H and O–H groups in total. The lowest BCUT2D eigenvalue weighted by molar-refractivity contribution is -0.274. The number of halogens is 5. The summed E-state index contributed by atoms with van der Waals surface area (Å²) in [4.78, 5) is 0. The maximum Gasteiger partial charge on any atom is 0.573 e. The molecule has 0 saturated heterocycles. The molecule has 0 atom stereocenters. The van der Waals surface area contributed by atoms with Gasteiger partial charge in [-0.1, -0.05) is 34.1 Å². The first kappa shape index (κ1) is 13.4. The van der Waals surface area contributed by atoms with E-state index in [1.165, 1.54) is 18.2 Å². The second-order valence-electron chi connectivity index (χ2n) is 2.79. The van der Waals surface area contributed by atoms with E-state index in [2.05, 4.69) is 20.7 Å². The highest BCUT2D eigenvalue weighted by molar-refractivity contribution is 9.10. The van der Waals surface area contributed by atoms with Crippen LogP contribution in [0.3, 0.4) is 0 Å². The van der Waals surface area contributed by atoms with Gasteiger partial charge in [0.05, 0.1) is 0 Å². The molecule has 0 spiro atoms. The van der Waals surface area contributed by atoms with Crippen molar-refractivity contribution in [3.8, 4) is 5.75 Å². The van der Waals surface area contributed by atoms with E-state index >= 15 is 0 Å². The molecule has 0 fully saturated rings. The Bertz CT molecular complexity index is 390. The third kappa shape index (κ3) is 4.45. The molecule has 0 aromatic heterocycles.